The van der Waals surface area contributed by atoms with E-state index in [4.69, 9.17) is 9.84 Å². The van der Waals surface area contributed by atoms with Crippen LogP contribution in [0, 0.1) is 17.2 Å². The van der Waals surface area contributed by atoms with E-state index in [1.165, 1.54) is 18.3 Å². The highest BCUT2D eigenvalue weighted by Gasteiger charge is 2.48. The topological polar surface area (TPSA) is 128 Å². The summed E-state index contributed by atoms with van der Waals surface area (Å²) in [6, 6.07) is 13.8. The van der Waals surface area contributed by atoms with Crippen molar-refractivity contribution in [1.82, 2.24) is 14.9 Å². The fraction of sp³-hybridized carbons (Fsp3) is 0.321. The maximum absolute atomic E-state index is 14.7. The van der Waals surface area contributed by atoms with E-state index in [1.807, 2.05) is 18.2 Å². The predicted molar refractivity (Wildman–Crippen MR) is 136 cm³/mol. The third-order valence-corrected chi connectivity index (χ3v) is 6.98. The number of alkyl halides is 2. The van der Waals surface area contributed by atoms with Gasteiger partial charge in [0.1, 0.15) is 24.2 Å². The van der Waals surface area contributed by atoms with Crippen molar-refractivity contribution in [3.8, 4) is 22.9 Å². The molecule has 1 aliphatic heterocycles. The third-order valence-electron chi connectivity index (χ3n) is 6.98. The first-order chi connectivity index (χ1) is 18.8. The van der Waals surface area contributed by atoms with Crippen molar-refractivity contribution in [3.63, 3.8) is 0 Å². The van der Waals surface area contributed by atoms with Gasteiger partial charge in [-0.25, -0.2) is 13.8 Å². The van der Waals surface area contributed by atoms with Gasteiger partial charge >= 0.3 is 5.92 Å². The van der Waals surface area contributed by atoms with E-state index in [0.29, 0.717) is 16.9 Å². The number of hydrogen-bond acceptors (Lipinski definition) is 7. The van der Waals surface area contributed by atoms with Gasteiger partial charge in [0.2, 0.25) is 11.8 Å². The van der Waals surface area contributed by atoms with Gasteiger partial charge in [-0.2, -0.15) is 5.26 Å². The molecule has 2 aromatic heterocycles. The minimum Gasteiger partial charge on any atom is -0.483 e. The lowest BCUT2D eigenvalue weighted by atomic mass is 10.0. The number of rotatable bonds is 7. The highest BCUT2D eigenvalue weighted by Crippen LogP contribution is 2.47. The summed E-state index contributed by atoms with van der Waals surface area (Å²) in [5, 5.41) is 21.5. The molecule has 2 N–H and O–H groups in total. The Bertz CT molecular complexity index is 1430. The molecule has 1 aliphatic carbocycles. The molecule has 39 heavy (non-hydrogen) atoms. The first-order valence-electron chi connectivity index (χ1n) is 12.4. The molecule has 2 amide bonds. The lowest BCUT2D eigenvalue weighted by molar-refractivity contribution is -0.161. The van der Waals surface area contributed by atoms with Crippen LogP contribution >= 0.6 is 0 Å². The second-order valence-electron chi connectivity index (χ2n) is 9.61. The number of carbonyl (C=O) groups excluding carboxylic acids is 2. The second-order valence-corrected chi connectivity index (χ2v) is 9.61. The Morgan fingerprint density at radius 1 is 1.21 bits per heavy atom. The third kappa shape index (κ3) is 5.71. The Labute approximate surface area is 223 Å². The number of aliphatic hydroxyl groups is 1. The molecule has 3 heterocycles. The van der Waals surface area contributed by atoms with Crippen molar-refractivity contribution < 1.29 is 28.2 Å². The molecule has 1 saturated carbocycles. The Kier molecular flexibility index (Phi) is 7.21. The molecular weight excluding hydrogens is 508 g/mol. The van der Waals surface area contributed by atoms with Gasteiger partial charge in [0.15, 0.2) is 6.10 Å². The fourth-order valence-corrected chi connectivity index (χ4v) is 4.78. The van der Waals surface area contributed by atoms with Crippen molar-refractivity contribution in [2.45, 2.75) is 30.8 Å². The van der Waals surface area contributed by atoms with E-state index in [9.17, 15) is 23.6 Å². The highest BCUT2D eigenvalue weighted by atomic mass is 19.3. The molecule has 11 heteroatoms. The molecule has 9 nitrogen and oxygen atoms in total. The van der Waals surface area contributed by atoms with Gasteiger partial charge in [-0.15, -0.1) is 0 Å². The quantitative estimate of drug-likeness (QED) is 0.477. The number of carbonyl (C=O) groups is 2. The number of aliphatic hydroxyl groups excluding tert-OH is 1. The molecule has 2 aliphatic rings. The Hall–Kier alpha value is -4.43. The van der Waals surface area contributed by atoms with E-state index in [0.717, 1.165) is 16.9 Å². The van der Waals surface area contributed by atoms with Crippen molar-refractivity contribution in [2.75, 3.05) is 25.0 Å². The molecule has 0 radical (unpaired) electrons. The average molecular weight is 534 g/mol. The minimum absolute atomic E-state index is 0.00520. The van der Waals surface area contributed by atoms with E-state index in [2.05, 4.69) is 15.3 Å². The van der Waals surface area contributed by atoms with Crippen LogP contribution in [0.5, 0.6) is 5.75 Å². The number of halogens is 2. The largest absolute Gasteiger partial charge is 0.483 e. The van der Waals surface area contributed by atoms with Crippen LogP contribution in [0.1, 0.15) is 29.9 Å². The lowest BCUT2D eigenvalue weighted by Gasteiger charge is -2.38. The number of aromatic nitrogens is 2. The van der Waals surface area contributed by atoms with Gasteiger partial charge in [-0.05, 0) is 59.4 Å². The van der Waals surface area contributed by atoms with Crippen LogP contribution in [0.2, 0.25) is 0 Å². The summed E-state index contributed by atoms with van der Waals surface area (Å²) in [5.74, 6) is -3.93. The van der Waals surface area contributed by atoms with Crippen LogP contribution in [0.3, 0.4) is 0 Å². The number of nitrogens with zero attached hydrogens (tertiary/aromatic N) is 4. The number of anilines is 1. The van der Waals surface area contributed by atoms with E-state index >= 15 is 0 Å². The van der Waals surface area contributed by atoms with Gasteiger partial charge in [0.05, 0.1) is 12.1 Å². The van der Waals surface area contributed by atoms with E-state index in [-0.39, 0.29) is 42.0 Å². The molecule has 3 aromatic rings. The van der Waals surface area contributed by atoms with Crippen molar-refractivity contribution in [2.24, 2.45) is 5.92 Å². The molecule has 2 fully saturated rings. The summed E-state index contributed by atoms with van der Waals surface area (Å²) in [6.07, 6.45) is 4.04. The number of amides is 2. The number of piperidine rings is 1. The molecule has 3 atom stereocenters. The maximum atomic E-state index is 14.7. The number of nitriles is 1. The minimum atomic E-state index is -3.36. The fourth-order valence-electron chi connectivity index (χ4n) is 4.78. The van der Waals surface area contributed by atoms with Crippen molar-refractivity contribution in [1.29, 1.82) is 5.26 Å². The van der Waals surface area contributed by atoms with Gasteiger partial charge in [0, 0.05) is 37.5 Å². The smallest absolute Gasteiger partial charge is 0.301 e. The Morgan fingerprint density at radius 2 is 2.03 bits per heavy atom. The number of likely N-dealkylation sites (tertiary alicyclic amines) is 1. The van der Waals surface area contributed by atoms with Crippen LogP contribution in [-0.4, -0.2) is 63.5 Å². The van der Waals surface area contributed by atoms with Crippen LogP contribution in [0.4, 0.5) is 14.6 Å². The Balaban J connectivity index is 1.27. The van der Waals surface area contributed by atoms with Crippen LogP contribution in [-0.2, 0) is 9.59 Å². The summed E-state index contributed by atoms with van der Waals surface area (Å²) >= 11 is 0. The maximum Gasteiger partial charge on any atom is 0.301 e. The second kappa shape index (κ2) is 10.7. The normalized spacial score (nSPS) is 21.5. The zero-order valence-corrected chi connectivity index (χ0v) is 20.8. The molecule has 1 aromatic carbocycles. The first-order valence-corrected chi connectivity index (χ1v) is 12.4. The standard InChI is InChI=1S/C28H25F2N5O4/c29-28(30)16-35(26(37)15-36)9-6-24(28)39-23-4-3-17(10-20(23)13-31)18-5-8-33-25(11-18)34-27(38)22-12-21(22)19-2-1-7-32-14-19/h1-5,7-8,10-11,14,21-22,24,36H,6,9,12,15-16H2,(H,33,34,38)/t21?,22?,24-/m0/s1. The molecular formula is C28H25F2N5O4. The Morgan fingerprint density at radius 3 is 2.74 bits per heavy atom. The molecule has 5 rings (SSSR count). The molecule has 200 valence electrons. The lowest BCUT2D eigenvalue weighted by Crippen LogP contribution is -2.55. The number of nitrogens with one attached hydrogen (secondary N) is 1. The molecule has 0 bridgehead atoms. The summed E-state index contributed by atoms with van der Waals surface area (Å²) in [6.45, 7) is -1.70. The summed E-state index contributed by atoms with van der Waals surface area (Å²) in [5.41, 5.74) is 2.38. The predicted octanol–water partition coefficient (Wildman–Crippen LogP) is 3.36. The monoisotopic (exact) mass is 533 g/mol. The first kappa shape index (κ1) is 26.2. The van der Waals surface area contributed by atoms with Crippen LogP contribution in [0.15, 0.2) is 61.1 Å². The summed E-state index contributed by atoms with van der Waals surface area (Å²) < 4.78 is 34.9. The van der Waals surface area contributed by atoms with E-state index < -0.39 is 31.1 Å². The van der Waals surface area contributed by atoms with Gasteiger partial charge in [-0.3, -0.25) is 14.6 Å². The van der Waals surface area contributed by atoms with Gasteiger partial charge in [0.25, 0.3) is 0 Å². The highest BCUT2D eigenvalue weighted by molar-refractivity contribution is 5.95. The number of hydrogen-bond donors (Lipinski definition) is 2. The van der Waals surface area contributed by atoms with Gasteiger partial charge < -0.3 is 20.1 Å². The van der Waals surface area contributed by atoms with Crippen molar-refractivity contribution >= 4 is 17.6 Å². The zero-order chi connectivity index (χ0) is 27.6. The summed E-state index contributed by atoms with van der Waals surface area (Å²) in [7, 11) is 0. The van der Waals surface area contributed by atoms with Crippen LogP contribution < -0.4 is 10.1 Å². The average Bonchev–Trinajstić information content (AvgIpc) is 3.76. The SMILES string of the molecule is N#Cc1cc(-c2ccnc(NC(=O)C3CC3c3cccnc3)c2)ccc1O[C@H]1CCN(C(=O)CO)CC1(F)F. The van der Waals surface area contributed by atoms with Gasteiger partial charge in [-0.1, -0.05) is 12.1 Å². The molecule has 0 spiro atoms. The summed E-state index contributed by atoms with van der Waals surface area (Å²) in [4.78, 5) is 33.6. The van der Waals surface area contributed by atoms with Crippen LogP contribution in [0.25, 0.3) is 11.1 Å². The zero-order valence-electron chi connectivity index (χ0n) is 20.8. The van der Waals surface area contributed by atoms with E-state index in [1.54, 1.807) is 30.6 Å². The number of ether oxygens (including phenoxy) is 1. The molecule has 2 unspecified atom stereocenters. The number of pyridine rings is 2. The molecule has 1 saturated heterocycles. The number of benzene rings is 1. The van der Waals surface area contributed by atoms with Crippen molar-refractivity contribution in [3.05, 3.63) is 72.2 Å².